The number of likely N-dealkylation sites (tertiary alicyclic amines) is 1. The maximum atomic E-state index is 13.0. The van der Waals surface area contributed by atoms with E-state index in [1.165, 1.54) is 18.8 Å². The summed E-state index contributed by atoms with van der Waals surface area (Å²) in [6.07, 6.45) is 1.67. The molecule has 1 amide bonds. The van der Waals surface area contributed by atoms with E-state index in [4.69, 9.17) is 4.98 Å². The minimum absolute atomic E-state index is 0.0125. The molecule has 1 aromatic heterocycles. The Morgan fingerprint density at radius 1 is 1.07 bits per heavy atom. The number of aromatic nitrogens is 1. The van der Waals surface area contributed by atoms with E-state index < -0.39 is 10.0 Å². The first-order valence-electron chi connectivity index (χ1n) is 13.9. The van der Waals surface area contributed by atoms with E-state index in [1.807, 2.05) is 4.90 Å². The third-order valence-corrected chi connectivity index (χ3v) is 11.2. The number of nitrogens with one attached hydrogen (secondary N) is 1. The quantitative estimate of drug-likeness (QED) is 0.294. The molecule has 10 heteroatoms. The Balaban J connectivity index is 1.43. The second kappa shape index (κ2) is 12.1. The zero-order valence-corrected chi connectivity index (χ0v) is 27.4. The summed E-state index contributed by atoms with van der Waals surface area (Å²) in [5, 5.41) is 14.3. The van der Waals surface area contributed by atoms with Crippen molar-refractivity contribution in [1.82, 2.24) is 14.6 Å². The van der Waals surface area contributed by atoms with Crippen molar-refractivity contribution in [1.29, 1.82) is 0 Å². The summed E-state index contributed by atoms with van der Waals surface area (Å²) in [6, 6.07) is 10.9. The molecule has 1 aliphatic rings. The lowest BCUT2D eigenvalue weighted by Gasteiger charge is -2.31. The molecular weight excluding hydrogens is 575 g/mol. The van der Waals surface area contributed by atoms with E-state index in [9.17, 15) is 18.3 Å². The van der Waals surface area contributed by atoms with Gasteiger partial charge in [-0.2, -0.15) is 0 Å². The third kappa shape index (κ3) is 7.16. The van der Waals surface area contributed by atoms with Crippen molar-refractivity contribution in [3.8, 4) is 17.0 Å². The Bertz CT molecular complexity index is 1470. The van der Waals surface area contributed by atoms with Gasteiger partial charge >= 0.3 is 0 Å². The number of hydrogen-bond donors (Lipinski definition) is 2. The number of piperidine rings is 1. The third-order valence-electron chi connectivity index (χ3n) is 7.50. The number of thioether (sulfide) groups is 1. The lowest BCUT2D eigenvalue weighted by atomic mass is 9.78. The van der Waals surface area contributed by atoms with Crippen LogP contribution in [0.5, 0.6) is 5.75 Å². The fourth-order valence-corrected chi connectivity index (χ4v) is 8.20. The van der Waals surface area contributed by atoms with Crippen molar-refractivity contribution in [3.05, 3.63) is 57.9 Å². The van der Waals surface area contributed by atoms with Gasteiger partial charge in [-0.1, -0.05) is 53.7 Å². The largest absolute Gasteiger partial charge is 0.507 e. The fourth-order valence-electron chi connectivity index (χ4n) is 5.04. The number of thiazole rings is 1. The van der Waals surface area contributed by atoms with Gasteiger partial charge in [0.15, 0.2) is 0 Å². The Labute approximate surface area is 252 Å². The number of carbonyl (C=O) groups excluding carboxylic acids is 1. The van der Waals surface area contributed by atoms with Crippen molar-refractivity contribution in [2.75, 3.05) is 25.9 Å². The standard InChI is InChI=1S/C31H41N3O4S3/c1-30(2,3)22-16-21(17-23(28(22)36)31(4,5)6)24-18-40-29(33-24)20-12-14-34(15-13-20)27(35)19-39-25-10-8-9-11-26(25)41(37,38)32-7/h8-11,16-18,20,32,36H,12-15,19H2,1-7H3. The average Bonchev–Trinajstić information content (AvgIpc) is 3.41. The number of rotatable bonds is 7. The topological polar surface area (TPSA) is 99.6 Å². The molecule has 0 bridgehead atoms. The van der Waals surface area contributed by atoms with Crippen LogP contribution in [-0.4, -0.2) is 55.2 Å². The number of benzene rings is 2. The first kappa shape index (κ1) is 31.5. The van der Waals surface area contributed by atoms with E-state index in [-0.39, 0.29) is 33.3 Å². The first-order valence-corrected chi connectivity index (χ1v) is 17.2. The molecule has 1 saturated heterocycles. The monoisotopic (exact) mass is 615 g/mol. The highest BCUT2D eigenvalue weighted by molar-refractivity contribution is 8.00. The molecule has 7 nitrogen and oxygen atoms in total. The van der Waals surface area contributed by atoms with E-state index in [0.717, 1.165) is 40.2 Å². The lowest BCUT2D eigenvalue weighted by Crippen LogP contribution is -2.38. The van der Waals surface area contributed by atoms with Crippen LogP contribution in [0.3, 0.4) is 0 Å². The van der Waals surface area contributed by atoms with Crippen LogP contribution in [0.25, 0.3) is 11.3 Å². The smallest absolute Gasteiger partial charge is 0.241 e. The zero-order valence-electron chi connectivity index (χ0n) is 24.9. The number of phenols is 1. The van der Waals surface area contributed by atoms with Crippen molar-refractivity contribution in [2.45, 2.75) is 80.9 Å². The van der Waals surface area contributed by atoms with Gasteiger partial charge in [-0.3, -0.25) is 4.79 Å². The van der Waals surface area contributed by atoms with E-state index in [0.29, 0.717) is 23.7 Å². The summed E-state index contributed by atoms with van der Waals surface area (Å²) in [7, 11) is -2.21. The number of aromatic hydroxyl groups is 1. The predicted molar refractivity (Wildman–Crippen MR) is 169 cm³/mol. The van der Waals surface area contributed by atoms with Gasteiger partial charge in [0.25, 0.3) is 0 Å². The molecule has 222 valence electrons. The molecule has 2 aromatic carbocycles. The van der Waals surface area contributed by atoms with Gasteiger partial charge in [-0.15, -0.1) is 23.1 Å². The van der Waals surface area contributed by atoms with Crippen molar-refractivity contribution in [3.63, 3.8) is 0 Å². The summed E-state index contributed by atoms with van der Waals surface area (Å²) in [5.41, 5.74) is 3.37. The highest BCUT2D eigenvalue weighted by Crippen LogP contribution is 2.43. The molecule has 4 rings (SSSR count). The molecule has 0 atom stereocenters. The Morgan fingerprint density at radius 2 is 1.66 bits per heavy atom. The molecule has 0 saturated carbocycles. The molecular formula is C31H41N3O4S3. The number of amides is 1. The van der Waals surface area contributed by atoms with Crippen LogP contribution in [0.2, 0.25) is 0 Å². The van der Waals surface area contributed by atoms with Gasteiger partial charge in [0.2, 0.25) is 15.9 Å². The van der Waals surface area contributed by atoms with Crippen molar-refractivity contribution in [2.24, 2.45) is 0 Å². The minimum atomic E-state index is -3.59. The fraction of sp³-hybridized carbons (Fsp3) is 0.484. The van der Waals surface area contributed by atoms with Crippen LogP contribution in [0.1, 0.15) is 76.4 Å². The van der Waals surface area contributed by atoms with Crippen LogP contribution in [0, 0.1) is 0 Å². The van der Waals surface area contributed by atoms with Crippen molar-refractivity contribution < 1.29 is 18.3 Å². The molecule has 2 heterocycles. The summed E-state index contributed by atoms with van der Waals surface area (Å²) >= 11 is 2.92. The lowest BCUT2D eigenvalue weighted by molar-refractivity contribution is -0.129. The Morgan fingerprint density at radius 3 is 2.22 bits per heavy atom. The van der Waals surface area contributed by atoms with Gasteiger partial charge in [0.1, 0.15) is 5.75 Å². The van der Waals surface area contributed by atoms with Crippen LogP contribution in [-0.2, 0) is 25.6 Å². The molecule has 41 heavy (non-hydrogen) atoms. The highest BCUT2D eigenvalue weighted by Gasteiger charge is 2.29. The van der Waals surface area contributed by atoms with Gasteiger partial charge in [0, 0.05) is 46.0 Å². The van der Waals surface area contributed by atoms with Crippen LogP contribution < -0.4 is 4.72 Å². The van der Waals surface area contributed by atoms with E-state index >= 15 is 0 Å². The zero-order chi connectivity index (χ0) is 30.2. The number of sulfonamides is 1. The van der Waals surface area contributed by atoms with E-state index in [1.54, 1.807) is 35.6 Å². The molecule has 0 spiro atoms. The summed E-state index contributed by atoms with van der Waals surface area (Å²) in [5.74, 6) is 0.855. The molecule has 3 aromatic rings. The molecule has 0 aliphatic carbocycles. The number of nitrogens with zero attached hydrogens (tertiary/aromatic N) is 2. The van der Waals surface area contributed by atoms with Gasteiger partial charge in [-0.25, -0.2) is 18.1 Å². The number of phenolic OH excluding ortho intramolecular Hbond substituents is 1. The normalized spacial score (nSPS) is 15.3. The first-order chi connectivity index (χ1) is 19.1. The predicted octanol–water partition coefficient (Wildman–Crippen LogP) is 6.52. The van der Waals surface area contributed by atoms with Gasteiger partial charge in [0.05, 0.1) is 21.3 Å². The molecule has 0 unspecified atom stereocenters. The number of carbonyl (C=O) groups is 1. The SMILES string of the molecule is CNS(=O)(=O)c1ccccc1SCC(=O)N1CCC(c2nc(-c3cc(C(C)(C)C)c(O)c(C(C)(C)C)c3)cs2)CC1. The minimum Gasteiger partial charge on any atom is -0.507 e. The molecule has 1 aliphatic heterocycles. The second-order valence-corrected chi connectivity index (χ2v) is 16.4. The van der Waals surface area contributed by atoms with Crippen LogP contribution >= 0.6 is 23.1 Å². The molecule has 0 radical (unpaired) electrons. The Hall–Kier alpha value is -2.40. The summed E-state index contributed by atoms with van der Waals surface area (Å²) < 4.78 is 27.0. The number of hydrogen-bond acceptors (Lipinski definition) is 7. The van der Waals surface area contributed by atoms with Gasteiger partial charge < -0.3 is 10.0 Å². The van der Waals surface area contributed by atoms with Gasteiger partial charge in [-0.05, 0) is 55.0 Å². The second-order valence-electron chi connectivity index (χ2n) is 12.6. The van der Waals surface area contributed by atoms with E-state index in [2.05, 4.69) is 63.8 Å². The molecule has 2 N–H and O–H groups in total. The molecule has 1 fully saturated rings. The maximum Gasteiger partial charge on any atom is 0.241 e. The average molecular weight is 616 g/mol. The van der Waals surface area contributed by atoms with Crippen LogP contribution in [0.4, 0.5) is 0 Å². The summed E-state index contributed by atoms with van der Waals surface area (Å²) in [4.78, 5) is 20.7. The summed E-state index contributed by atoms with van der Waals surface area (Å²) in [6.45, 7) is 14.0. The Kier molecular flexibility index (Phi) is 9.28. The maximum absolute atomic E-state index is 13.0. The van der Waals surface area contributed by atoms with Crippen LogP contribution in [0.15, 0.2) is 51.6 Å². The van der Waals surface area contributed by atoms with Crippen molar-refractivity contribution >= 4 is 39.0 Å². The highest BCUT2D eigenvalue weighted by atomic mass is 32.2.